The highest BCUT2D eigenvalue weighted by atomic mass is 16.5. The van der Waals surface area contributed by atoms with E-state index in [4.69, 9.17) is 4.74 Å². The highest BCUT2D eigenvalue weighted by Crippen LogP contribution is 2.56. The molecule has 100 valence electrons. The standard InChI is InChI=1S/C16H24O2/c1-11-9-13(17)12(10-14(11)18-5)16(4)8-6-7-15(16,2)3/h9-10,17H,6-8H2,1-5H3/t16-/m0/s1. The van der Waals surface area contributed by atoms with Crippen molar-refractivity contribution in [3.05, 3.63) is 23.3 Å². The predicted molar refractivity (Wildman–Crippen MR) is 74.4 cm³/mol. The van der Waals surface area contributed by atoms with Crippen LogP contribution in [-0.2, 0) is 5.41 Å². The molecular weight excluding hydrogens is 224 g/mol. The van der Waals surface area contributed by atoms with E-state index < -0.39 is 0 Å². The molecule has 1 aliphatic carbocycles. The maximum atomic E-state index is 10.3. The normalized spacial score (nSPS) is 26.3. The van der Waals surface area contributed by atoms with Gasteiger partial charge in [0.15, 0.2) is 0 Å². The highest BCUT2D eigenvalue weighted by molar-refractivity contribution is 5.49. The maximum absolute atomic E-state index is 10.3. The molecule has 1 saturated carbocycles. The number of ether oxygens (including phenoxy) is 1. The first kappa shape index (κ1) is 13.3. The molecule has 1 N–H and O–H groups in total. The molecule has 0 saturated heterocycles. The Hall–Kier alpha value is -1.18. The number of aryl methyl sites for hydroxylation is 1. The van der Waals surface area contributed by atoms with Crippen LogP contribution in [-0.4, -0.2) is 12.2 Å². The number of benzene rings is 1. The van der Waals surface area contributed by atoms with Crippen molar-refractivity contribution in [1.29, 1.82) is 0 Å². The van der Waals surface area contributed by atoms with Crippen LogP contribution in [0.3, 0.4) is 0 Å². The van der Waals surface area contributed by atoms with E-state index in [2.05, 4.69) is 20.8 Å². The fourth-order valence-electron chi connectivity index (χ4n) is 3.33. The van der Waals surface area contributed by atoms with Crippen molar-refractivity contribution in [2.24, 2.45) is 5.41 Å². The molecule has 0 radical (unpaired) electrons. The average Bonchev–Trinajstić information content (AvgIpc) is 2.54. The third-order valence-corrected chi connectivity index (χ3v) is 5.08. The lowest BCUT2D eigenvalue weighted by Crippen LogP contribution is -2.34. The van der Waals surface area contributed by atoms with Gasteiger partial charge in [-0.1, -0.05) is 27.2 Å². The molecule has 1 fully saturated rings. The van der Waals surface area contributed by atoms with Gasteiger partial charge in [0.2, 0.25) is 0 Å². The van der Waals surface area contributed by atoms with E-state index in [9.17, 15) is 5.11 Å². The van der Waals surface area contributed by atoms with E-state index in [-0.39, 0.29) is 10.8 Å². The molecule has 2 heteroatoms. The summed E-state index contributed by atoms with van der Waals surface area (Å²) < 4.78 is 5.40. The molecule has 0 bridgehead atoms. The summed E-state index contributed by atoms with van der Waals surface area (Å²) in [6.45, 7) is 8.83. The second-order valence-corrected chi connectivity index (χ2v) is 6.41. The summed E-state index contributed by atoms with van der Waals surface area (Å²) in [5.41, 5.74) is 2.26. The van der Waals surface area contributed by atoms with Gasteiger partial charge in [0.05, 0.1) is 7.11 Å². The SMILES string of the molecule is COc1cc([C@]2(C)CCCC2(C)C)c(O)cc1C. The molecule has 0 unspecified atom stereocenters. The van der Waals surface area contributed by atoms with Crippen LogP contribution in [0.25, 0.3) is 0 Å². The van der Waals surface area contributed by atoms with Gasteiger partial charge in [-0.15, -0.1) is 0 Å². The first-order valence-corrected chi connectivity index (χ1v) is 6.70. The summed E-state index contributed by atoms with van der Waals surface area (Å²) in [5.74, 6) is 1.28. The molecular formula is C16H24O2. The molecule has 1 atom stereocenters. The van der Waals surface area contributed by atoms with Gasteiger partial charge < -0.3 is 9.84 Å². The van der Waals surface area contributed by atoms with Crippen LogP contribution < -0.4 is 4.74 Å². The van der Waals surface area contributed by atoms with E-state index in [0.717, 1.165) is 23.3 Å². The molecule has 0 spiro atoms. The number of hydrogen-bond donors (Lipinski definition) is 1. The Morgan fingerprint density at radius 1 is 1.17 bits per heavy atom. The summed E-state index contributed by atoms with van der Waals surface area (Å²) >= 11 is 0. The summed E-state index contributed by atoms with van der Waals surface area (Å²) in [6, 6.07) is 3.85. The Labute approximate surface area is 110 Å². The highest BCUT2D eigenvalue weighted by Gasteiger charge is 2.47. The van der Waals surface area contributed by atoms with Crippen LogP contribution in [0.5, 0.6) is 11.5 Å². The molecule has 18 heavy (non-hydrogen) atoms. The Morgan fingerprint density at radius 2 is 1.83 bits per heavy atom. The van der Waals surface area contributed by atoms with Gasteiger partial charge in [-0.2, -0.15) is 0 Å². The molecule has 0 heterocycles. The van der Waals surface area contributed by atoms with E-state index in [0.29, 0.717) is 5.75 Å². The van der Waals surface area contributed by atoms with Crippen molar-refractivity contribution >= 4 is 0 Å². The Kier molecular flexibility index (Phi) is 3.08. The second kappa shape index (κ2) is 4.18. The summed E-state index contributed by atoms with van der Waals surface area (Å²) in [6.07, 6.45) is 3.55. The van der Waals surface area contributed by atoms with Gasteiger partial charge in [0.25, 0.3) is 0 Å². The fraction of sp³-hybridized carbons (Fsp3) is 0.625. The lowest BCUT2D eigenvalue weighted by atomic mass is 9.65. The van der Waals surface area contributed by atoms with Gasteiger partial charge in [0, 0.05) is 11.0 Å². The van der Waals surface area contributed by atoms with Crippen LogP contribution in [0.4, 0.5) is 0 Å². The quantitative estimate of drug-likeness (QED) is 0.851. The van der Waals surface area contributed by atoms with Crippen LogP contribution in [0, 0.1) is 12.3 Å². The summed E-state index contributed by atoms with van der Waals surface area (Å²) in [5, 5.41) is 10.3. The lowest BCUT2D eigenvalue weighted by Gasteiger charge is -2.39. The smallest absolute Gasteiger partial charge is 0.122 e. The van der Waals surface area contributed by atoms with Gasteiger partial charge >= 0.3 is 0 Å². The largest absolute Gasteiger partial charge is 0.508 e. The van der Waals surface area contributed by atoms with E-state index in [1.165, 1.54) is 12.8 Å². The molecule has 1 aliphatic rings. The van der Waals surface area contributed by atoms with Crippen molar-refractivity contribution in [3.8, 4) is 11.5 Å². The minimum Gasteiger partial charge on any atom is -0.508 e. The lowest BCUT2D eigenvalue weighted by molar-refractivity contribution is 0.218. The number of phenolic OH excluding ortho intramolecular Hbond substituents is 1. The number of phenols is 1. The third kappa shape index (κ3) is 1.79. The zero-order valence-corrected chi connectivity index (χ0v) is 12.1. The molecule has 0 aliphatic heterocycles. The van der Waals surface area contributed by atoms with Crippen LogP contribution in [0.15, 0.2) is 12.1 Å². The van der Waals surface area contributed by atoms with Crippen molar-refractivity contribution in [2.45, 2.75) is 52.4 Å². The maximum Gasteiger partial charge on any atom is 0.122 e. The van der Waals surface area contributed by atoms with Crippen LogP contribution in [0.2, 0.25) is 0 Å². The zero-order valence-electron chi connectivity index (χ0n) is 12.1. The van der Waals surface area contributed by atoms with Crippen molar-refractivity contribution in [2.75, 3.05) is 7.11 Å². The van der Waals surface area contributed by atoms with E-state index >= 15 is 0 Å². The number of aromatic hydroxyl groups is 1. The molecule has 1 aromatic carbocycles. The Morgan fingerprint density at radius 3 is 2.33 bits per heavy atom. The van der Waals surface area contributed by atoms with Crippen molar-refractivity contribution < 1.29 is 9.84 Å². The third-order valence-electron chi connectivity index (χ3n) is 5.08. The first-order chi connectivity index (χ1) is 8.32. The second-order valence-electron chi connectivity index (χ2n) is 6.41. The molecule has 2 rings (SSSR count). The van der Waals surface area contributed by atoms with Crippen molar-refractivity contribution in [1.82, 2.24) is 0 Å². The fourth-order valence-corrected chi connectivity index (χ4v) is 3.33. The van der Waals surface area contributed by atoms with E-state index in [1.807, 2.05) is 19.1 Å². The minimum absolute atomic E-state index is 0.0259. The van der Waals surface area contributed by atoms with Crippen molar-refractivity contribution in [3.63, 3.8) is 0 Å². The first-order valence-electron chi connectivity index (χ1n) is 6.70. The molecule has 0 aromatic heterocycles. The summed E-state index contributed by atoms with van der Waals surface area (Å²) in [4.78, 5) is 0. The van der Waals surface area contributed by atoms with E-state index in [1.54, 1.807) is 7.11 Å². The topological polar surface area (TPSA) is 29.5 Å². The zero-order chi connectivity index (χ0) is 13.6. The average molecular weight is 248 g/mol. The number of rotatable bonds is 2. The van der Waals surface area contributed by atoms with Gasteiger partial charge in [0.1, 0.15) is 11.5 Å². The minimum atomic E-state index is 0.0259. The molecule has 2 nitrogen and oxygen atoms in total. The summed E-state index contributed by atoms with van der Waals surface area (Å²) in [7, 11) is 1.69. The molecule has 1 aromatic rings. The Bertz CT molecular complexity index is 462. The number of methoxy groups -OCH3 is 1. The molecule has 0 amide bonds. The van der Waals surface area contributed by atoms with Gasteiger partial charge in [-0.05, 0) is 42.9 Å². The van der Waals surface area contributed by atoms with Crippen LogP contribution >= 0.6 is 0 Å². The van der Waals surface area contributed by atoms with Gasteiger partial charge in [-0.25, -0.2) is 0 Å². The monoisotopic (exact) mass is 248 g/mol. The van der Waals surface area contributed by atoms with Gasteiger partial charge in [-0.3, -0.25) is 0 Å². The Balaban J connectivity index is 2.57. The number of hydrogen-bond acceptors (Lipinski definition) is 2. The van der Waals surface area contributed by atoms with Crippen LogP contribution in [0.1, 0.15) is 51.2 Å². The predicted octanol–water partition coefficient (Wildman–Crippen LogP) is 4.18.